The molecule has 0 aliphatic carbocycles. The lowest BCUT2D eigenvalue weighted by Crippen LogP contribution is -2.10. The number of fused-ring (bicyclic) bond motifs is 1. The summed E-state index contributed by atoms with van der Waals surface area (Å²) in [5.41, 5.74) is 2.90. The first kappa shape index (κ1) is 12.0. The van der Waals surface area contributed by atoms with Crippen molar-refractivity contribution in [2.45, 2.75) is 26.2 Å². The molecule has 3 heteroatoms. The SMILES string of the molecule is CC(=CCc1c(O)ccc2c1OCCC2)CO. The molecule has 0 bridgehead atoms. The third kappa shape index (κ3) is 2.61. The van der Waals surface area contributed by atoms with Gasteiger partial charge in [0.2, 0.25) is 0 Å². The van der Waals surface area contributed by atoms with E-state index < -0.39 is 0 Å². The van der Waals surface area contributed by atoms with Gasteiger partial charge in [0.15, 0.2) is 0 Å². The van der Waals surface area contributed by atoms with Gasteiger partial charge in [-0.15, -0.1) is 0 Å². The minimum atomic E-state index is 0.0522. The second-order valence-electron chi connectivity index (χ2n) is 4.42. The number of phenolic OH excluding ortho intramolecular Hbond substituents is 1. The van der Waals surface area contributed by atoms with Crippen molar-refractivity contribution in [3.05, 3.63) is 34.9 Å². The van der Waals surface area contributed by atoms with Crippen LogP contribution in [-0.2, 0) is 12.8 Å². The first-order valence-electron chi connectivity index (χ1n) is 5.95. The Balaban J connectivity index is 2.31. The highest BCUT2D eigenvalue weighted by molar-refractivity contribution is 5.51. The van der Waals surface area contributed by atoms with Crippen LogP contribution in [0.1, 0.15) is 24.5 Å². The maximum Gasteiger partial charge on any atom is 0.129 e. The lowest BCUT2D eigenvalue weighted by atomic mass is 9.99. The molecule has 0 radical (unpaired) electrons. The predicted molar refractivity (Wildman–Crippen MR) is 66.5 cm³/mol. The zero-order valence-electron chi connectivity index (χ0n) is 10.1. The molecule has 1 aromatic carbocycles. The van der Waals surface area contributed by atoms with E-state index in [0.29, 0.717) is 13.0 Å². The molecule has 0 unspecified atom stereocenters. The van der Waals surface area contributed by atoms with Crippen LogP contribution in [0.15, 0.2) is 23.8 Å². The predicted octanol–water partition coefficient (Wildman–Crippen LogP) is 2.20. The van der Waals surface area contributed by atoms with Gasteiger partial charge < -0.3 is 14.9 Å². The number of aromatic hydroxyl groups is 1. The lowest BCUT2D eigenvalue weighted by Gasteiger charge is -2.20. The number of benzene rings is 1. The average Bonchev–Trinajstić information content (AvgIpc) is 2.37. The maximum atomic E-state index is 9.88. The van der Waals surface area contributed by atoms with Gasteiger partial charge in [0.05, 0.1) is 13.2 Å². The Kier molecular flexibility index (Phi) is 3.69. The molecule has 1 aliphatic heterocycles. The summed E-state index contributed by atoms with van der Waals surface area (Å²) >= 11 is 0. The first-order chi connectivity index (χ1) is 8.22. The standard InChI is InChI=1S/C14H18O3/c1-10(9-15)4-6-12-13(16)7-5-11-3-2-8-17-14(11)12/h4-5,7,15-16H,2-3,6,8-9H2,1H3. The number of aliphatic hydroxyl groups is 1. The molecule has 0 amide bonds. The smallest absolute Gasteiger partial charge is 0.129 e. The third-order valence-electron chi connectivity index (χ3n) is 3.06. The number of hydrogen-bond acceptors (Lipinski definition) is 3. The fraction of sp³-hybridized carbons (Fsp3) is 0.429. The maximum absolute atomic E-state index is 9.88. The van der Waals surface area contributed by atoms with Crippen LogP contribution in [0.4, 0.5) is 0 Å². The molecule has 0 saturated heterocycles. The number of aryl methyl sites for hydroxylation is 1. The van der Waals surface area contributed by atoms with Crippen molar-refractivity contribution in [3.63, 3.8) is 0 Å². The van der Waals surface area contributed by atoms with Crippen LogP contribution in [0.2, 0.25) is 0 Å². The van der Waals surface area contributed by atoms with Gasteiger partial charge in [-0.25, -0.2) is 0 Å². The van der Waals surface area contributed by atoms with Crippen LogP contribution in [0.5, 0.6) is 11.5 Å². The summed E-state index contributed by atoms with van der Waals surface area (Å²) in [7, 11) is 0. The number of aliphatic hydroxyl groups excluding tert-OH is 1. The number of hydrogen-bond donors (Lipinski definition) is 2. The number of ether oxygens (including phenoxy) is 1. The summed E-state index contributed by atoms with van der Waals surface area (Å²) in [6, 6.07) is 3.65. The van der Waals surface area contributed by atoms with Gasteiger partial charge in [0.1, 0.15) is 11.5 Å². The monoisotopic (exact) mass is 234 g/mol. The highest BCUT2D eigenvalue weighted by Gasteiger charge is 2.16. The fourth-order valence-corrected chi connectivity index (χ4v) is 2.02. The lowest BCUT2D eigenvalue weighted by molar-refractivity contribution is 0.283. The van der Waals surface area contributed by atoms with E-state index in [4.69, 9.17) is 9.84 Å². The summed E-state index contributed by atoms with van der Waals surface area (Å²) in [5, 5.41) is 18.8. The Hall–Kier alpha value is -1.48. The van der Waals surface area contributed by atoms with E-state index in [1.807, 2.05) is 19.1 Å². The Labute approximate surface area is 101 Å². The summed E-state index contributed by atoms with van der Waals surface area (Å²) in [6.07, 6.45) is 4.56. The van der Waals surface area contributed by atoms with Crippen molar-refractivity contribution >= 4 is 0 Å². The minimum absolute atomic E-state index is 0.0522. The van der Waals surface area contributed by atoms with Crippen molar-refractivity contribution in [2.75, 3.05) is 13.2 Å². The van der Waals surface area contributed by atoms with Crippen LogP contribution >= 0.6 is 0 Å². The molecule has 1 heterocycles. The molecule has 0 fully saturated rings. The van der Waals surface area contributed by atoms with E-state index in [9.17, 15) is 5.11 Å². The highest BCUT2D eigenvalue weighted by atomic mass is 16.5. The topological polar surface area (TPSA) is 49.7 Å². The van der Waals surface area contributed by atoms with E-state index in [0.717, 1.165) is 29.7 Å². The summed E-state index contributed by atoms with van der Waals surface area (Å²) in [6.45, 7) is 2.64. The van der Waals surface area contributed by atoms with Crippen molar-refractivity contribution in [2.24, 2.45) is 0 Å². The van der Waals surface area contributed by atoms with E-state index in [1.54, 1.807) is 6.07 Å². The van der Waals surface area contributed by atoms with E-state index in [2.05, 4.69) is 0 Å². The van der Waals surface area contributed by atoms with Gasteiger partial charge in [-0.1, -0.05) is 17.7 Å². The molecule has 1 aliphatic rings. The fourth-order valence-electron chi connectivity index (χ4n) is 2.02. The summed E-state index contributed by atoms with van der Waals surface area (Å²) in [5.74, 6) is 1.10. The molecule has 2 rings (SSSR count). The quantitative estimate of drug-likeness (QED) is 0.788. The Bertz CT molecular complexity index is 435. The second-order valence-corrected chi connectivity index (χ2v) is 4.42. The summed E-state index contributed by atoms with van der Waals surface area (Å²) in [4.78, 5) is 0. The van der Waals surface area contributed by atoms with E-state index in [1.165, 1.54) is 5.56 Å². The highest BCUT2D eigenvalue weighted by Crippen LogP contribution is 2.35. The van der Waals surface area contributed by atoms with Gasteiger partial charge in [0.25, 0.3) is 0 Å². The number of allylic oxidation sites excluding steroid dienone is 1. The van der Waals surface area contributed by atoms with E-state index in [-0.39, 0.29) is 12.4 Å². The Morgan fingerprint density at radius 2 is 2.29 bits per heavy atom. The average molecular weight is 234 g/mol. The molecule has 0 saturated carbocycles. The molecule has 2 N–H and O–H groups in total. The zero-order chi connectivity index (χ0) is 12.3. The van der Waals surface area contributed by atoms with Crippen molar-refractivity contribution in [3.8, 4) is 11.5 Å². The van der Waals surface area contributed by atoms with Gasteiger partial charge in [-0.2, -0.15) is 0 Å². The molecule has 17 heavy (non-hydrogen) atoms. The van der Waals surface area contributed by atoms with Gasteiger partial charge in [-0.3, -0.25) is 0 Å². The largest absolute Gasteiger partial charge is 0.508 e. The van der Waals surface area contributed by atoms with Crippen molar-refractivity contribution < 1.29 is 14.9 Å². The van der Waals surface area contributed by atoms with Gasteiger partial charge >= 0.3 is 0 Å². The molecule has 0 atom stereocenters. The molecule has 0 aromatic heterocycles. The van der Waals surface area contributed by atoms with Gasteiger partial charge in [0, 0.05) is 5.56 Å². The van der Waals surface area contributed by atoms with Crippen molar-refractivity contribution in [1.82, 2.24) is 0 Å². The van der Waals surface area contributed by atoms with E-state index >= 15 is 0 Å². The second kappa shape index (κ2) is 5.23. The molecular weight excluding hydrogens is 216 g/mol. The molecule has 1 aromatic rings. The normalized spacial score (nSPS) is 15.3. The number of rotatable bonds is 3. The Morgan fingerprint density at radius 3 is 3.06 bits per heavy atom. The first-order valence-corrected chi connectivity index (χ1v) is 5.95. The molecule has 92 valence electrons. The summed E-state index contributed by atoms with van der Waals surface area (Å²) < 4.78 is 5.65. The van der Waals surface area contributed by atoms with Crippen LogP contribution in [0.3, 0.4) is 0 Å². The van der Waals surface area contributed by atoms with Crippen molar-refractivity contribution in [1.29, 1.82) is 0 Å². The van der Waals surface area contributed by atoms with Crippen LogP contribution < -0.4 is 4.74 Å². The third-order valence-corrected chi connectivity index (χ3v) is 3.06. The van der Waals surface area contributed by atoms with Crippen LogP contribution in [-0.4, -0.2) is 23.4 Å². The molecule has 0 spiro atoms. The van der Waals surface area contributed by atoms with Crippen LogP contribution in [0, 0.1) is 0 Å². The molecule has 3 nitrogen and oxygen atoms in total. The number of phenols is 1. The molecular formula is C14H18O3. The van der Waals surface area contributed by atoms with Crippen LogP contribution in [0.25, 0.3) is 0 Å². The van der Waals surface area contributed by atoms with Gasteiger partial charge in [-0.05, 0) is 37.8 Å². The Morgan fingerprint density at radius 1 is 1.47 bits per heavy atom. The minimum Gasteiger partial charge on any atom is -0.508 e. The zero-order valence-corrected chi connectivity index (χ0v) is 10.1.